The first-order chi connectivity index (χ1) is 37.7. The summed E-state index contributed by atoms with van der Waals surface area (Å²) in [6.07, 6.45) is 0. The van der Waals surface area contributed by atoms with Crippen LogP contribution in [0.25, 0.3) is 152 Å². The van der Waals surface area contributed by atoms with Gasteiger partial charge >= 0.3 is 0 Å². The van der Waals surface area contributed by atoms with Crippen LogP contribution < -0.4 is 0 Å². The van der Waals surface area contributed by atoms with Gasteiger partial charge in [-0.05, 0) is 77.9 Å². The Balaban J connectivity index is 0.993. The summed E-state index contributed by atoms with van der Waals surface area (Å²) in [4.78, 5) is 16.3. The summed E-state index contributed by atoms with van der Waals surface area (Å²) < 4.78 is 9.88. The van der Waals surface area contributed by atoms with Crippen LogP contribution in [0.15, 0.2) is 249 Å². The number of fused-ring (bicyclic) bond motifs is 13. The smallest absolute Gasteiger partial charge is 0.164 e. The molecule has 0 aliphatic rings. The van der Waals surface area contributed by atoms with Crippen LogP contribution in [0.5, 0.6) is 0 Å². The second kappa shape index (κ2) is 17.0. The van der Waals surface area contributed by atoms with Gasteiger partial charge in [-0.15, -0.1) is 22.7 Å². The zero-order chi connectivity index (χ0) is 49.8. The van der Waals surface area contributed by atoms with Crippen LogP contribution in [0.4, 0.5) is 0 Å². The van der Waals surface area contributed by atoms with Crippen LogP contribution in [-0.4, -0.2) is 24.1 Å². The van der Waals surface area contributed by atoms with Crippen molar-refractivity contribution in [2.45, 2.75) is 0 Å². The van der Waals surface area contributed by atoms with Gasteiger partial charge in [0.15, 0.2) is 17.5 Å². The van der Waals surface area contributed by atoms with Crippen molar-refractivity contribution in [3.8, 4) is 67.8 Å². The standard InChI is InChI=1S/C69H41N5S2/c1-4-18-42(19-5-1)55-38-46(69-71-67(44-32-34-51-49-25-12-16-30-60(49)75-62(51)40-44)70-68(72-69)45-33-35-52-50-26-13-17-31-61(50)76-63(52)41-45)39-56(43-20-6-2-7-21-43)65(55)74-58-29-15-11-27-54(58)64-59(74)37-36-53-48-24-10-14-28-57(48)73(66(53)64)47-22-8-3-9-23-47/h1-41H. The highest BCUT2D eigenvalue weighted by molar-refractivity contribution is 7.26. The van der Waals surface area contributed by atoms with Crippen LogP contribution in [-0.2, 0) is 0 Å². The van der Waals surface area contributed by atoms with Crippen molar-refractivity contribution in [3.63, 3.8) is 0 Å². The predicted molar refractivity (Wildman–Crippen MR) is 321 cm³/mol. The minimum atomic E-state index is 0.602. The lowest BCUT2D eigenvalue weighted by Gasteiger charge is -2.21. The summed E-state index contributed by atoms with van der Waals surface area (Å²) in [5, 5.41) is 9.82. The maximum absolute atomic E-state index is 5.49. The molecule has 0 amide bonds. The molecule has 0 aliphatic carbocycles. The average Bonchev–Trinajstić information content (AvgIpc) is 4.26. The highest BCUT2D eigenvalue weighted by atomic mass is 32.1. The fourth-order valence-corrected chi connectivity index (χ4v) is 14.1. The third-order valence-corrected chi connectivity index (χ3v) is 17.4. The molecule has 0 atom stereocenters. The summed E-state index contributed by atoms with van der Waals surface area (Å²) in [6.45, 7) is 0. The molecule has 0 saturated heterocycles. The van der Waals surface area contributed by atoms with Gasteiger partial charge in [0.05, 0.1) is 27.8 Å². The number of aromatic nitrogens is 5. The quantitative estimate of drug-likeness (QED) is 0.160. The molecule has 5 nitrogen and oxygen atoms in total. The zero-order valence-corrected chi connectivity index (χ0v) is 42.4. The molecule has 0 spiro atoms. The van der Waals surface area contributed by atoms with Crippen molar-refractivity contribution in [2.24, 2.45) is 0 Å². The van der Waals surface area contributed by atoms with Gasteiger partial charge in [-0.3, -0.25) is 0 Å². The first-order valence-electron chi connectivity index (χ1n) is 25.6. The molecule has 0 aliphatic heterocycles. The monoisotopic (exact) mass is 1000 g/mol. The number of nitrogens with zero attached hydrogens (tertiary/aromatic N) is 5. The number of para-hydroxylation sites is 3. The van der Waals surface area contributed by atoms with Crippen molar-refractivity contribution < 1.29 is 0 Å². The maximum atomic E-state index is 5.49. The van der Waals surface area contributed by atoms with E-state index in [9.17, 15) is 0 Å². The topological polar surface area (TPSA) is 48.5 Å². The fourth-order valence-electron chi connectivity index (χ4n) is 11.8. The van der Waals surface area contributed by atoms with Gasteiger partial charge in [-0.25, -0.2) is 15.0 Å². The van der Waals surface area contributed by atoms with E-state index in [1.54, 1.807) is 22.7 Å². The fraction of sp³-hybridized carbons (Fsp3) is 0. The molecular formula is C69H41N5S2. The molecule has 5 heterocycles. The molecule has 7 heteroatoms. The van der Waals surface area contributed by atoms with Gasteiger partial charge in [-0.2, -0.15) is 0 Å². The van der Waals surface area contributed by atoms with E-state index >= 15 is 0 Å². The van der Waals surface area contributed by atoms with E-state index in [1.165, 1.54) is 72.9 Å². The van der Waals surface area contributed by atoms with Gasteiger partial charge in [0, 0.05) is 95.4 Å². The molecule has 0 unspecified atom stereocenters. The van der Waals surface area contributed by atoms with E-state index in [-0.39, 0.29) is 0 Å². The second-order valence-corrected chi connectivity index (χ2v) is 21.6. The van der Waals surface area contributed by atoms with Crippen LogP contribution in [0.1, 0.15) is 0 Å². The largest absolute Gasteiger partial charge is 0.309 e. The Hall–Kier alpha value is -9.53. The number of benzene rings is 11. The Morgan fingerprint density at radius 2 is 0.711 bits per heavy atom. The highest BCUT2D eigenvalue weighted by Gasteiger charge is 2.26. The summed E-state index contributed by atoms with van der Waals surface area (Å²) in [6, 6.07) is 90.0. The number of hydrogen-bond donors (Lipinski definition) is 0. The van der Waals surface area contributed by atoms with Crippen molar-refractivity contribution in [2.75, 3.05) is 0 Å². The van der Waals surface area contributed by atoms with Gasteiger partial charge in [-0.1, -0.05) is 182 Å². The van der Waals surface area contributed by atoms with E-state index in [2.05, 4.69) is 258 Å². The minimum Gasteiger partial charge on any atom is -0.309 e. The number of rotatable bonds is 7. The van der Waals surface area contributed by atoms with Crippen LogP contribution >= 0.6 is 22.7 Å². The van der Waals surface area contributed by atoms with Crippen molar-refractivity contribution >= 4 is 107 Å². The molecule has 0 N–H and O–H groups in total. The highest BCUT2D eigenvalue weighted by Crippen LogP contribution is 2.47. The minimum absolute atomic E-state index is 0.602. The Morgan fingerprint density at radius 1 is 0.276 bits per heavy atom. The zero-order valence-electron chi connectivity index (χ0n) is 40.7. The van der Waals surface area contributed by atoms with Crippen molar-refractivity contribution in [3.05, 3.63) is 249 Å². The first kappa shape index (κ1) is 42.9. The van der Waals surface area contributed by atoms with E-state index in [0.29, 0.717) is 17.5 Å². The summed E-state index contributed by atoms with van der Waals surface area (Å²) in [5.41, 5.74) is 13.9. The maximum Gasteiger partial charge on any atom is 0.164 e. The van der Waals surface area contributed by atoms with Gasteiger partial charge in [0.2, 0.25) is 0 Å². The molecule has 0 fully saturated rings. The molecule has 0 bridgehead atoms. The summed E-state index contributed by atoms with van der Waals surface area (Å²) in [5.74, 6) is 1.86. The molecule has 16 rings (SSSR count). The van der Waals surface area contributed by atoms with E-state index in [1.807, 2.05) is 0 Å². The number of hydrogen-bond acceptors (Lipinski definition) is 5. The van der Waals surface area contributed by atoms with Gasteiger partial charge in [0.1, 0.15) is 0 Å². The Morgan fingerprint density at radius 3 is 1.28 bits per heavy atom. The second-order valence-electron chi connectivity index (χ2n) is 19.5. The molecular weight excluding hydrogens is 963 g/mol. The van der Waals surface area contributed by atoms with Crippen LogP contribution in [0.3, 0.4) is 0 Å². The lowest BCUT2D eigenvalue weighted by molar-refractivity contribution is 1.07. The molecule has 76 heavy (non-hydrogen) atoms. The van der Waals surface area contributed by atoms with E-state index in [0.717, 1.165) is 61.4 Å². The first-order valence-corrected chi connectivity index (χ1v) is 27.2. The third kappa shape index (κ3) is 6.66. The molecule has 0 saturated carbocycles. The normalized spacial score (nSPS) is 11.9. The average molecular weight is 1000 g/mol. The summed E-state index contributed by atoms with van der Waals surface area (Å²) in [7, 11) is 0. The molecule has 354 valence electrons. The Labute approximate surface area is 444 Å². The molecule has 16 aromatic rings. The predicted octanol–water partition coefficient (Wildman–Crippen LogP) is 19.1. The van der Waals surface area contributed by atoms with E-state index < -0.39 is 0 Å². The lowest BCUT2D eigenvalue weighted by Crippen LogP contribution is -2.04. The Bertz CT molecular complexity index is 4800. The van der Waals surface area contributed by atoms with Gasteiger partial charge < -0.3 is 9.13 Å². The molecule has 11 aromatic carbocycles. The van der Waals surface area contributed by atoms with Crippen LogP contribution in [0.2, 0.25) is 0 Å². The van der Waals surface area contributed by atoms with E-state index in [4.69, 9.17) is 15.0 Å². The van der Waals surface area contributed by atoms with Crippen molar-refractivity contribution in [1.82, 2.24) is 24.1 Å². The van der Waals surface area contributed by atoms with Crippen molar-refractivity contribution in [1.29, 1.82) is 0 Å². The van der Waals surface area contributed by atoms with Crippen LogP contribution in [0, 0.1) is 0 Å². The molecule has 0 radical (unpaired) electrons. The summed E-state index contributed by atoms with van der Waals surface area (Å²) >= 11 is 3.61. The number of thiophene rings is 2. The lowest BCUT2D eigenvalue weighted by atomic mass is 9.92. The third-order valence-electron chi connectivity index (χ3n) is 15.2. The SMILES string of the molecule is c1ccc(-c2cc(-c3nc(-c4ccc5c(c4)sc4ccccc45)nc(-c4ccc5c(c4)sc4ccccc45)n3)cc(-c3ccccc3)c2-n2c3ccccc3c3c2ccc2c4ccccc4n(-c4ccccc4)c23)cc1. The Kier molecular flexibility index (Phi) is 9.61. The van der Waals surface area contributed by atoms with Gasteiger partial charge in [0.25, 0.3) is 0 Å². The molecule has 5 aromatic heterocycles.